The van der Waals surface area contributed by atoms with Crippen LogP contribution < -0.4 is 10.6 Å². The van der Waals surface area contributed by atoms with Crippen molar-refractivity contribution in [3.05, 3.63) is 12.7 Å². The lowest BCUT2D eigenvalue weighted by Gasteiger charge is -2.33. The molecule has 0 saturated carbocycles. The zero-order valence-electron chi connectivity index (χ0n) is 17.2. The molecule has 0 spiro atoms. The number of unbranched alkanes of at least 4 members (excludes halogenated alkanes) is 1. The highest BCUT2D eigenvalue weighted by molar-refractivity contribution is 7.51. The number of aliphatic hydroxyl groups excluding tert-OH is 1. The molecular formula is C17H27N6O7P. The second kappa shape index (κ2) is 8.77. The fourth-order valence-corrected chi connectivity index (χ4v) is 4.29. The van der Waals surface area contributed by atoms with E-state index < -0.39 is 31.1 Å². The number of urea groups is 1. The molecular weight excluding hydrogens is 431 g/mol. The summed E-state index contributed by atoms with van der Waals surface area (Å²) in [6.07, 6.45) is 1.54. The normalized spacial score (nSPS) is 26.3. The summed E-state index contributed by atoms with van der Waals surface area (Å²) in [4.78, 5) is 42.2. The number of nitrogens with zero attached hydrogens (tertiary/aromatic N) is 4. The number of carbonyl (C=O) groups excluding carboxylic acids is 1. The molecule has 3 heterocycles. The van der Waals surface area contributed by atoms with Crippen LogP contribution in [-0.2, 0) is 15.0 Å². The fraction of sp³-hybridized carbons (Fsp3) is 0.647. The predicted molar refractivity (Wildman–Crippen MR) is 109 cm³/mol. The van der Waals surface area contributed by atoms with Gasteiger partial charge in [-0.05, 0) is 33.1 Å². The number of hydrogen-bond donors (Lipinski definition) is 6. The molecule has 0 bridgehead atoms. The van der Waals surface area contributed by atoms with Gasteiger partial charge in [-0.3, -0.25) is 14.4 Å². The number of rotatable bonds is 8. The lowest BCUT2D eigenvalue weighted by Crippen LogP contribution is -2.49. The summed E-state index contributed by atoms with van der Waals surface area (Å²) in [7, 11) is -4.11. The topological polar surface area (TPSA) is 192 Å². The van der Waals surface area contributed by atoms with Crippen LogP contribution in [0, 0.1) is 0 Å². The standard InChI is InChI=1S/C17H27N6O7P/c1-3-18-15(25)22-12-11-13(20-9-19-12)23(10-21-11)16(2)14(24)17(26,8-30-16)6-4-5-7-31(27,28)29/h9-10,14,24,26H,3-8H2,1-2H3,(H2,27,28,29)(H2,18,19,20,22,25)/t14-,16+,17?/m1/s1. The Morgan fingerprint density at radius 1 is 1.35 bits per heavy atom. The maximum Gasteiger partial charge on any atom is 0.325 e. The minimum atomic E-state index is -4.11. The Labute approximate surface area is 178 Å². The number of imidazole rings is 1. The van der Waals surface area contributed by atoms with Crippen molar-refractivity contribution in [3.63, 3.8) is 0 Å². The number of aliphatic hydroxyl groups is 2. The lowest BCUT2D eigenvalue weighted by molar-refractivity contribution is -0.120. The number of fused-ring (bicyclic) bond motifs is 1. The second-order valence-electron chi connectivity index (χ2n) is 7.69. The molecule has 1 unspecified atom stereocenters. The van der Waals surface area contributed by atoms with Crippen LogP contribution >= 0.6 is 7.60 Å². The second-order valence-corrected chi connectivity index (χ2v) is 9.46. The Kier molecular flexibility index (Phi) is 6.65. The summed E-state index contributed by atoms with van der Waals surface area (Å²) < 4.78 is 18.2. The minimum absolute atomic E-state index is 0.0926. The van der Waals surface area contributed by atoms with E-state index in [2.05, 4.69) is 25.6 Å². The maximum absolute atomic E-state index is 11.8. The van der Waals surface area contributed by atoms with Gasteiger partial charge in [-0.1, -0.05) is 0 Å². The molecule has 3 rings (SSSR count). The molecule has 172 valence electrons. The van der Waals surface area contributed by atoms with Crippen LogP contribution in [0.2, 0.25) is 0 Å². The van der Waals surface area contributed by atoms with Gasteiger partial charge in [0.2, 0.25) is 0 Å². The van der Waals surface area contributed by atoms with Crippen molar-refractivity contribution in [2.45, 2.75) is 50.5 Å². The number of anilines is 1. The Balaban J connectivity index is 1.80. The smallest absolute Gasteiger partial charge is 0.325 e. The largest absolute Gasteiger partial charge is 0.385 e. The molecule has 0 aliphatic carbocycles. The zero-order valence-corrected chi connectivity index (χ0v) is 18.1. The first-order valence-electron chi connectivity index (χ1n) is 9.82. The van der Waals surface area contributed by atoms with Crippen molar-refractivity contribution in [1.82, 2.24) is 24.8 Å². The molecule has 31 heavy (non-hydrogen) atoms. The van der Waals surface area contributed by atoms with Gasteiger partial charge in [0.25, 0.3) is 0 Å². The summed E-state index contributed by atoms with van der Waals surface area (Å²) >= 11 is 0. The molecule has 2 amide bonds. The van der Waals surface area contributed by atoms with Crippen LogP contribution in [0.1, 0.15) is 33.1 Å². The number of carbonyl (C=O) groups is 1. The summed E-state index contributed by atoms with van der Waals surface area (Å²) in [5.41, 5.74) is -2.46. The molecule has 2 aromatic rings. The van der Waals surface area contributed by atoms with Crippen LogP contribution in [0.15, 0.2) is 12.7 Å². The molecule has 3 atom stereocenters. The van der Waals surface area contributed by atoms with Gasteiger partial charge in [0.1, 0.15) is 18.0 Å². The van der Waals surface area contributed by atoms with Gasteiger partial charge >= 0.3 is 13.6 Å². The van der Waals surface area contributed by atoms with Crippen LogP contribution in [0.3, 0.4) is 0 Å². The molecule has 1 saturated heterocycles. The van der Waals surface area contributed by atoms with E-state index in [0.717, 1.165) is 0 Å². The van der Waals surface area contributed by atoms with E-state index in [1.165, 1.54) is 17.2 Å². The highest BCUT2D eigenvalue weighted by atomic mass is 31.2. The van der Waals surface area contributed by atoms with Gasteiger partial charge in [0.15, 0.2) is 22.7 Å². The first kappa shape index (κ1) is 23.5. The lowest BCUT2D eigenvalue weighted by atomic mass is 9.88. The Morgan fingerprint density at radius 3 is 2.77 bits per heavy atom. The summed E-state index contributed by atoms with van der Waals surface area (Å²) in [6.45, 7) is 3.59. The fourth-order valence-electron chi connectivity index (χ4n) is 3.65. The first-order chi connectivity index (χ1) is 14.5. The van der Waals surface area contributed by atoms with Crippen LogP contribution in [0.5, 0.6) is 0 Å². The molecule has 1 fully saturated rings. The van der Waals surface area contributed by atoms with Crippen molar-refractivity contribution in [3.8, 4) is 0 Å². The van der Waals surface area contributed by atoms with Gasteiger partial charge in [-0.25, -0.2) is 19.7 Å². The first-order valence-corrected chi connectivity index (χ1v) is 11.6. The van der Waals surface area contributed by atoms with E-state index in [9.17, 15) is 19.6 Å². The molecule has 1 aliphatic rings. The predicted octanol–water partition coefficient (Wildman–Crippen LogP) is 0.111. The molecule has 13 nitrogen and oxygen atoms in total. The minimum Gasteiger partial charge on any atom is -0.385 e. The van der Waals surface area contributed by atoms with E-state index in [1.54, 1.807) is 13.8 Å². The maximum atomic E-state index is 11.8. The summed E-state index contributed by atoms with van der Waals surface area (Å²) in [5, 5.41) is 27.0. The van der Waals surface area contributed by atoms with Gasteiger partial charge < -0.3 is 30.1 Å². The number of ether oxygens (including phenoxy) is 1. The van der Waals surface area contributed by atoms with Crippen LogP contribution in [0.4, 0.5) is 10.6 Å². The third-order valence-corrected chi connectivity index (χ3v) is 6.22. The summed E-state index contributed by atoms with van der Waals surface area (Å²) in [5.74, 6) is 0.179. The molecule has 1 aliphatic heterocycles. The highest BCUT2D eigenvalue weighted by Crippen LogP contribution is 2.42. The third kappa shape index (κ3) is 4.86. The Hall–Kier alpha value is -2.15. The van der Waals surface area contributed by atoms with Gasteiger partial charge in [-0.15, -0.1) is 0 Å². The quantitative estimate of drug-likeness (QED) is 0.234. The molecule has 0 aromatic carbocycles. The average Bonchev–Trinajstić information content (AvgIpc) is 3.22. The van der Waals surface area contributed by atoms with Gasteiger partial charge in [-0.2, -0.15) is 0 Å². The van der Waals surface area contributed by atoms with Crippen LogP contribution in [0.25, 0.3) is 11.2 Å². The van der Waals surface area contributed by atoms with E-state index in [4.69, 9.17) is 14.5 Å². The Morgan fingerprint density at radius 2 is 2.10 bits per heavy atom. The molecule has 0 radical (unpaired) electrons. The van der Waals surface area contributed by atoms with Crippen molar-refractivity contribution in [2.75, 3.05) is 24.6 Å². The van der Waals surface area contributed by atoms with Crippen molar-refractivity contribution >= 4 is 30.6 Å². The van der Waals surface area contributed by atoms with E-state index in [0.29, 0.717) is 13.0 Å². The van der Waals surface area contributed by atoms with Gasteiger partial charge in [0, 0.05) is 12.7 Å². The Bertz CT molecular complexity index is 997. The van der Waals surface area contributed by atoms with E-state index >= 15 is 0 Å². The molecule has 14 heteroatoms. The number of amides is 2. The van der Waals surface area contributed by atoms with Gasteiger partial charge in [0.05, 0.1) is 12.9 Å². The molecule has 6 N–H and O–H groups in total. The van der Waals surface area contributed by atoms with Crippen LogP contribution in [-0.4, -0.2) is 76.6 Å². The monoisotopic (exact) mass is 458 g/mol. The number of aromatic nitrogens is 4. The van der Waals surface area contributed by atoms with Crippen molar-refractivity contribution < 1.29 is 34.1 Å². The van der Waals surface area contributed by atoms with Crippen molar-refractivity contribution in [2.24, 2.45) is 0 Å². The average molecular weight is 458 g/mol. The van der Waals surface area contributed by atoms with Crippen molar-refractivity contribution in [1.29, 1.82) is 0 Å². The zero-order chi connectivity index (χ0) is 22.9. The van der Waals surface area contributed by atoms with E-state index in [1.807, 2.05) is 0 Å². The number of nitrogens with one attached hydrogen (secondary N) is 2. The molecule has 2 aromatic heterocycles. The van der Waals surface area contributed by atoms with E-state index in [-0.39, 0.29) is 42.6 Å². The highest BCUT2D eigenvalue weighted by Gasteiger charge is 2.56. The third-order valence-electron chi connectivity index (χ3n) is 5.32. The summed E-state index contributed by atoms with van der Waals surface area (Å²) in [6, 6.07) is -0.454. The number of hydrogen-bond acceptors (Lipinski definition) is 8. The SMILES string of the molecule is CCNC(=O)Nc1ncnc2c1ncn2[C@@]1(C)OCC(O)(CCCCP(=O)(O)O)[C@@H]1O.